The number of nitrogens with one attached hydrogen (secondary N) is 1. The quantitative estimate of drug-likeness (QED) is 0.783. The molecule has 0 saturated carbocycles. The summed E-state index contributed by atoms with van der Waals surface area (Å²) in [5, 5.41) is 3.18. The molecule has 28 heavy (non-hydrogen) atoms. The van der Waals surface area contributed by atoms with Crippen LogP contribution < -0.4 is 5.32 Å². The molecule has 0 bridgehead atoms. The number of rotatable bonds is 5. The van der Waals surface area contributed by atoms with Crippen molar-refractivity contribution in [1.82, 2.24) is 10.2 Å². The summed E-state index contributed by atoms with van der Waals surface area (Å²) in [6.07, 6.45) is 6.13. The average molecular weight is 429 g/mol. The van der Waals surface area contributed by atoms with Crippen LogP contribution in [0, 0.1) is 12.8 Å². The third-order valence-corrected chi connectivity index (χ3v) is 8.38. The molecule has 2 fully saturated rings. The number of aryl methyl sites for hydroxylation is 2. The molecule has 2 saturated heterocycles. The number of benzene rings is 1. The molecule has 0 spiro atoms. The Balaban J connectivity index is 0.00000280. The second kappa shape index (κ2) is 9.59. The number of hydrogen-bond acceptors (Lipinski definition) is 4. The molecule has 5 nitrogen and oxygen atoms in total. The van der Waals surface area contributed by atoms with Crippen LogP contribution in [0.3, 0.4) is 0 Å². The smallest absolute Gasteiger partial charge is 0.244 e. The molecule has 0 radical (unpaired) electrons. The van der Waals surface area contributed by atoms with E-state index in [1.165, 1.54) is 17.4 Å². The fourth-order valence-corrected chi connectivity index (χ4v) is 5.80. The Morgan fingerprint density at radius 2 is 1.71 bits per heavy atom. The van der Waals surface area contributed by atoms with Crippen LogP contribution in [0.4, 0.5) is 0 Å². The van der Waals surface area contributed by atoms with Gasteiger partial charge in [-0.25, -0.2) is 8.42 Å². The maximum absolute atomic E-state index is 13.2. The summed E-state index contributed by atoms with van der Waals surface area (Å²) in [5.41, 5.74) is 2.65. The topological polar surface area (TPSA) is 66.5 Å². The van der Waals surface area contributed by atoms with E-state index in [1.54, 1.807) is 0 Å². The van der Waals surface area contributed by atoms with Gasteiger partial charge in [-0.2, -0.15) is 0 Å². The largest absolute Gasteiger partial charge is 0.341 e. The minimum absolute atomic E-state index is 0. The number of sulfone groups is 1. The Morgan fingerprint density at radius 1 is 1.14 bits per heavy atom. The van der Waals surface area contributed by atoms with Crippen molar-refractivity contribution in [1.29, 1.82) is 0 Å². The van der Waals surface area contributed by atoms with E-state index >= 15 is 0 Å². The number of amides is 1. The van der Waals surface area contributed by atoms with Crippen LogP contribution in [0.15, 0.2) is 24.3 Å². The lowest BCUT2D eigenvalue weighted by molar-refractivity contribution is -0.136. The zero-order chi connectivity index (χ0) is 19.5. The van der Waals surface area contributed by atoms with Gasteiger partial charge in [0.15, 0.2) is 14.6 Å². The van der Waals surface area contributed by atoms with Gasteiger partial charge >= 0.3 is 0 Å². The number of carbonyl (C=O) groups is 1. The maximum atomic E-state index is 13.2. The van der Waals surface area contributed by atoms with Crippen molar-refractivity contribution in [3.63, 3.8) is 0 Å². The lowest BCUT2D eigenvalue weighted by Gasteiger charge is -2.41. The highest BCUT2D eigenvalue weighted by Crippen LogP contribution is 2.32. The zero-order valence-electron chi connectivity index (χ0n) is 16.9. The molecule has 0 unspecified atom stereocenters. The van der Waals surface area contributed by atoms with Gasteiger partial charge in [0, 0.05) is 19.3 Å². The van der Waals surface area contributed by atoms with Gasteiger partial charge in [-0.05, 0) is 70.0 Å². The molecule has 2 aliphatic heterocycles. The molecule has 0 aromatic heterocycles. The van der Waals surface area contributed by atoms with E-state index in [0.29, 0.717) is 44.9 Å². The first-order valence-corrected chi connectivity index (χ1v) is 12.0. The summed E-state index contributed by atoms with van der Waals surface area (Å²) in [6.45, 7) is 4.64. The van der Waals surface area contributed by atoms with Crippen LogP contribution in [0.2, 0.25) is 0 Å². The maximum Gasteiger partial charge on any atom is 0.244 e. The Bertz CT molecular complexity index is 750. The van der Waals surface area contributed by atoms with E-state index < -0.39 is 14.6 Å². The van der Waals surface area contributed by atoms with Crippen LogP contribution in [-0.2, 0) is 21.1 Å². The van der Waals surface area contributed by atoms with Gasteiger partial charge in [0.1, 0.15) is 0 Å². The monoisotopic (exact) mass is 428 g/mol. The molecule has 1 amide bonds. The first-order chi connectivity index (χ1) is 12.8. The Morgan fingerprint density at radius 3 is 2.25 bits per heavy atom. The van der Waals surface area contributed by atoms with E-state index in [0.717, 1.165) is 25.7 Å². The second-order valence-electron chi connectivity index (χ2n) is 8.28. The van der Waals surface area contributed by atoms with Gasteiger partial charge in [-0.3, -0.25) is 4.79 Å². The summed E-state index contributed by atoms with van der Waals surface area (Å²) in [4.78, 5) is 15.0. The van der Waals surface area contributed by atoms with Crippen molar-refractivity contribution in [3.05, 3.63) is 35.4 Å². The molecule has 7 heteroatoms. The lowest BCUT2D eigenvalue weighted by Crippen LogP contribution is -2.59. The molecule has 0 aliphatic carbocycles. The highest BCUT2D eigenvalue weighted by molar-refractivity contribution is 7.92. The Labute approximate surface area is 175 Å². The highest BCUT2D eigenvalue weighted by atomic mass is 35.5. The van der Waals surface area contributed by atoms with Crippen LogP contribution in [0.5, 0.6) is 0 Å². The van der Waals surface area contributed by atoms with Gasteiger partial charge in [0.05, 0.1) is 0 Å². The molecule has 1 aromatic rings. The minimum atomic E-state index is -3.43. The fourth-order valence-electron chi connectivity index (χ4n) is 4.41. The standard InChI is InChI=1S/C21H32N2O3S.ClH/c1-17-3-5-18(6-4-17)7-8-19-9-15-23(16-10-19)20(24)21(27(2,25)26)11-13-22-14-12-21;/h3-6,19,22H,7-16H2,1-2H3;1H. The molecule has 2 aliphatic rings. The first-order valence-electron chi connectivity index (χ1n) is 10.1. The Hall–Kier alpha value is -1.11. The SMILES string of the molecule is Cc1ccc(CCC2CCN(C(=O)C3(S(C)(=O)=O)CCNCC3)CC2)cc1.Cl. The van der Waals surface area contributed by atoms with Gasteiger partial charge in [0.2, 0.25) is 5.91 Å². The number of halogens is 1. The molecule has 3 rings (SSSR count). The number of likely N-dealkylation sites (tertiary alicyclic amines) is 1. The summed E-state index contributed by atoms with van der Waals surface area (Å²) in [6, 6.07) is 8.70. The summed E-state index contributed by atoms with van der Waals surface area (Å²) >= 11 is 0. The van der Waals surface area contributed by atoms with E-state index in [2.05, 4.69) is 36.5 Å². The van der Waals surface area contributed by atoms with Crippen LogP contribution in [-0.4, -0.2) is 56.4 Å². The van der Waals surface area contributed by atoms with Gasteiger partial charge in [-0.15, -0.1) is 12.4 Å². The predicted molar refractivity (Wildman–Crippen MR) is 116 cm³/mol. The normalized spacial score (nSPS) is 20.4. The molecule has 2 heterocycles. The molecule has 0 atom stereocenters. The van der Waals surface area contributed by atoms with Crippen molar-refractivity contribution in [3.8, 4) is 0 Å². The summed E-state index contributed by atoms with van der Waals surface area (Å²) in [5.74, 6) is 0.445. The predicted octanol–water partition coefficient (Wildman–Crippen LogP) is 2.75. The molecule has 1 aromatic carbocycles. The first kappa shape index (κ1) is 23.2. The van der Waals surface area contributed by atoms with Gasteiger partial charge in [0.25, 0.3) is 0 Å². The fraction of sp³-hybridized carbons (Fsp3) is 0.667. The van der Waals surface area contributed by atoms with E-state index in [4.69, 9.17) is 0 Å². The number of piperidine rings is 2. The second-order valence-corrected chi connectivity index (χ2v) is 10.6. The van der Waals surface area contributed by atoms with Crippen molar-refractivity contribution >= 4 is 28.2 Å². The molecule has 158 valence electrons. The van der Waals surface area contributed by atoms with Gasteiger partial charge in [-0.1, -0.05) is 29.8 Å². The number of hydrogen-bond donors (Lipinski definition) is 1. The van der Waals surface area contributed by atoms with Crippen molar-refractivity contribution in [2.24, 2.45) is 5.92 Å². The van der Waals surface area contributed by atoms with E-state index in [-0.39, 0.29) is 18.3 Å². The highest BCUT2D eigenvalue weighted by Gasteiger charge is 2.50. The summed E-state index contributed by atoms with van der Waals surface area (Å²) in [7, 11) is -3.43. The van der Waals surface area contributed by atoms with Gasteiger partial charge < -0.3 is 10.2 Å². The lowest BCUT2D eigenvalue weighted by atomic mass is 9.88. The minimum Gasteiger partial charge on any atom is -0.341 e. The Kier molecular flexibility index (Phi) is 7.94. The van der Waals surface area contributed by atoms with Crippen molar-refractivity contribution in [2.75, 3.05) is 32.4 Å². The van der Waals surface area contributed by atoms with E-state index in [1.807, 2.05) is 4.90 Å². The number of nitrogens with zero attached hydrogens (tertiary/aromatic N) is 1. The van der Waals surface area contributed by atoms with Crippen molar-refractivity contribution in [2.45, 2.75) is 50.2 Å². The third kappa shape index (κ3) is 5.08. The van der Waals surface area contributed by atoms with Crippen molar-refractivity contribution < 1.29 is 13.2 Å². The van der Waals surface area contributed by atoms with Crippen LogP contribution >= 0.6 is 12.4 Å². The zero-order valence-corrected chi connectivity index (χ0v) is 18.6. The molecular formula is C21H33ClN2O3S. The van der Waals surface area contributed by atoms with Crippen LogP contribution in [0.25, 0.3) is 0 Å². The summed E-state index contributed by atoms with van der Waals surface area (Å²) < 4.78 is 23.7. The van der Waals surface area contributed by atoms with E-state index in [9.17, 15) is 13.2 Å². The molecular weight excluding hydrogens is 396 g/mol. The molecule has 1 N–H and O–H groups in total. The third-order valence-electron chi connectivity index (χ3n) is 6.37. The average Bonchev–Trinajstić information content (AvgIpc) is 2.67. The van der Waals surface area contributed by atoms with Crippen LogP contribution in [0.1, 0.15) is 43.2 Å². The number of carbonyl (C=O) groups excluding carboxylic acids is 1.